The Bertz CT molecular complexity index is 945. The van der Waals surface area contributed by atoms with Crippen molar-refractivity contribution in [3.8, 4) is 11.5 Å². The van der Waals surface area contributed by atoms with Gasteiger partial charge in [-0.25, -0.2) is 0 Å². The highest BCUT2D eigenvalue weighted by atomic mass is 16.6. The van der Waals surface area contributed by atoms with Crippen LogP contribution in [0.3, 0.4) is 0 Å². The van der Waals surface area contributed by atoms with Gasteiger partial charge in [0.2, 0.25) is 0 Å². The third-order valence-electron chi connectivity index (χ3n) is 6.37. The maximum Gasteiger partial charge on any atom is 0.323 e. The van der Waals surface area contributed by atoms with Crippen molar-refractivity contribution in [3.05, 3.63) is 23.8 Å². The van der Waals surface area contributed by atoms with Crippen molar-refractivity contribution in [1.82, 2.24) is 0 Å². The predicted molar refractivity (Wildman–Crippen MR) is 143 cm³/mol. The summed E-state index contributed by atoms with van der Waals surface area (Å²) in [6, 6.07) is 3.71. The number of hydrogen-bond donors (Lipinski definition) is 1. The summed E-state index contributed by atoms with van der Waals surface area (Å²) in [7, 11) is 0. The SMILES string of the molecule is CCC(C)CC(=O)Oc1ccc(C[C@H](N)C(=O)O[C@@H](C)[C@H](C)OC(=O)C(C)C)cc1OC(=O)CC(C)CC. The Morgan fingerprint density at radius 1 is 0.737 bits per heavy atom. The molecule has 0 saturated heterocycles. The lowest BCUT2D eigenvalue weighted by Gasteiger charge is -2.23. The lowest BCUT2D eigenvalue weighted by atomic mass is 10.0. The molecule has 0 fully saturated rings. The molecule has 0 saturated carbocycles. The Balaban J connectivity index is 2.98. The van der Waals surface area contributed by atoms with Crippen LogP contribution in [-0.2, 0) is 35.1 Å². The molecule has 0 aliphatic carbocycles. The monoisotopic (exact) mass is 535 g/mol. The second kappa shape index (κ2) is 16.1. The lowest BCUT2D eigenvalue weighted by molar-refractivity contribution is -0.168. The van der Waals surface area contributed by atoms with Gasteiger partial charge in [0.25, 0.3) is 0 Å². The minimum atomic E-state index is -1.02. The highest BCUT2D eigenvalue weighted by molar-refractivity contribution is 5.78. The van der Waals surface area contributed by atoms with Gasteiger partial charge in [0.05, 0.1) is 5.92 Å². The van der Waals surface area contributed by atoms with Crippen LogP contribution >= 0.6 is 0 Å². The molecule has 9 heteroatoms. The Kier molecular flexibility index (Phi) is 14.0. The van der Waals surface area contributed by atoms with E-state index < -0.39 is 36.2 Å². The molecule has 0 aliphatic rings. The maximum absolute atomic E-state index is 12.6. The van der Waals surface area contributed by atoms with Crippen LogP contribution in [0.2, 0.25) is 0 Å². The second-order valence-corrected chi connectivity index (χ2v) is 10.4. The summed E-state index contributed by atoms with van der Waals surface area (Å²) < 4.78 is 21.8. The molecule has 5 atom stereocenters. The van der Waals surface area contributed by atoms with Crippen LogP contribution in [0.25, 0.3) is 0 Å². The van der Waals surface area contributed by atoms with E-state index in [0.717, 1.165) is 12.8 Å². The molecule has 0 aliphatic heterocycles. The van der Waals surface area contributed by atoms with Crippen LogP contribution in [0, 0.1) is 17.8 Å². The summed E-state index contributed by atoms with van der Waals surface area (Å²) in [6.45, 7) is 14.6. The predicted octanol–water partition coefficient (Wildman–Crippen LogP) is 4.76. The van der Waals surface area contributed by atoms with Crippen molar-refractivity contribution in [2.24, 2.45) is 23.5 Å². The lowest BCUT2D eigenvalue weighted by Crippen LogP contribution is -2.39. The zero-order valence-corrected chi connectivity index (χ0v) is 24.1. The van der Waals surface area contributed by atoms with Crippen molar-refractivity contribution in [2.75, 3.05) is 0 Å². The van der Waals surface area contributed by atoms with E-state index in [-0.39, 0.29) is 54.5 Å². The Morgan fingerprint density at radius 3 is 1.68 bits per heavy atom. The molecule has 0 amide bonds. The van der Waals surface area contributed by atoms with Gasteiger partial charge < -0.3 is 24.7 Å². The third-order valence-corrected chi connectivity index (χ3v) is 6.37. The number of benzene rings is 1. The topological polar surface area (TPSA) is 131 Å². The molecule has 1 aromatic rings. The summed E-state index contributed by atoms with van der Waals surface area (Å²) in [4.78, 5) is 49.3. The molecule has 0 radical (unpaired) electrons. The fourth-order valence-corrected chi connectivity index (χ4v) is 3.15. The Hall–Kier alpha value is -2.94. The molecule has 2 unspecified atom stereocenters. The van der Waals surface area contributed by atoms with Crippen LogP contribution in [0.15, 0.2) is 18.2 Å². The molecule has 1 rings (SSSR count). The second-order valence-electron chi connectivity index (χ2n) is 10.4. The molecule has 0 aromatic heterocycles. The number of nitrogens with two attached hydrogens (primary N) is 1. The van der Waals surface area contributed by atoms with E-state index in [9.17, 15) is 19.2 Å². The fraction of sp³-hybridized carbons (Fsp3) is 0.655. The number of rotatable bonds is 15. The van der Waals surface area contributed by atoms with Gasteiger partial charge in [-0.15, -0.1) is 0 Å². The number of carbonyl (C=O) groups excluding carboxylic acids is 4. The summed E-state index contributed by atoms with van der Waals surface area (Å²) in [5.74, 6) is -1.70. The Labute approximate surface area is 226 Å². The van der Waals surface area contributed by atoms with E-state index in [1.807, 2.05) is 27.7 Å². The first-order valence-electron chi connectivity index (χ1n) is 13.5. The van der Waals surface area contributed by atoms with Crippen LogP contribution in [0.5, 0.6) is 11.5 Å². The zero-order chi connectivity index (χ0) is 29.0. The van der Waals surface area contributed by atoms with Gasteiger partial charge in [-0.05, 0) is 49.8 Å². The molecule has 0 bridgehead atoms. The van der Waals surface area contributed by atoms with Gasteiger partial charge in [0.1, 0.15) is 18.2 Å². The summed E-state index contributed by atoms with van der Waals surface area (Å²) in [5, 5.41) is 0. The highest BCUT2D eigenvalue weighted by Crippen LogP contribution is 2.30. The third kappa shape index (κ3) is 11.6. The van der Waals surface area contributed by atoms with E-state index in [0.29, 0.717) is 5.56 Å². The first-order valence-corrected chi connectivity index (χ1v) is 13.5. The first-order chi connectivity index (χ1) is 17.8. The molecular formula is C29H45NO8. The van der Waals surface area contributed by atoms with Crippen LogP contribution in [0.1, 0.15) is 86.6 Å². The quantitative estimate of drug-likeness (QED) is 0.249. The van der Waals surface area contributed by atoms with Gasteiger partial charge in [-0.1, -0.05) is 60.5 Å². The van der Waals surface area contributed by atoms with E-state index in [4.69, 9.17) is 24.7 Å². The van der Waals surface area contributed by atoms with Gasteiger partial charge >= 0.3 is 23.9 Å². The zero-order valence-electron chi connectivity index (χ0n) is 24.1. The van der Waals surface area contributed by atoms with Crippen molar-refractivity contribution in [3.63, 3.8) is 0 Å². The van der Waals surface area contributed by atoms with Crippen LogP contribution < -0.4 is 15.2 Å². The van der Waals surface area contributed by atoms with Gasteiger partial charge in [0.15, 0.2) is 11.5 Å². The average molecular weight is 536 g/mol. The van der Waals surface area contributed by atoms with Crippen LogP contribution in [-0.4, -0.2) is 42.1 Å². The van der Waals surface area contributed by atoms with Gasteiger partial charge in [-0.2, -0.15) is 0 Å². The molecule has 0 spiro atoms. The maximum atomic E-state index is 12.6. The molecular weight excluding hydrogens is 490 g/mol. The van der Waals surface area contributed by atoms with Crippen molar-refractivity contribution in [1.29, 1.82) is 0 Å². The molecule has 1 aromatic carbocycles. The van der Waals surface area contributed by atoms with E-state index >= 15 is 0 Å². The van der Waals surface area contributed by atoms with E-state index in [1.165, 1.54) is 6.07 Å². The van der Waals surface area contributed by atoms with Crippen molar-refractivity contribution < 1.29 is 38.1 Å². The number of ether oxygens (including phenoxy) is 4. The highest BCUT2D eigenvalue weighted by Gasteiger charge is 2.25. The van der Waals surface area contributed by atoms with Crippen LogP contribution in [0.4, 0.5) is 0 Å². The smallest absolute Gasteiger partial charge is 0.323 e. The molecule has 0 heterocycles. The molecule has 2 N–H and O–H groups in total. The summed E-state index contributed by atoms with van der Waals surface area (Å²) in [5.41, 5.74) is 6.69. The van der Waals surface area contributed by atoms with E-state index in [2.05, 4.69) is 0 Å². The first kappa shape index (κ1) is 33.1. The number of hydrogen-bond acceptors (Lipinski definition) is 9. The normalized spacial score (nSPS) is 15.1. The van der Waals surface area contributed by atoms with Crippen molar-refractivity contribution >= 4 is 23.9 Å². The minimum Gasteiger partial charge on any atom is -0.459 e. The molecule has 38 heavy (non-hydrogen) atoms. The standard InChI is InChI=1S/C29H45NO8/c1-9-18(5)13-26(31)37-24-12-11-22(16-25(24)38-27(32)14-19(6)10-2)15-23(30)29(34)36-21(8)20(7)35-28(33)17(3)4/h11-12,16-21,23H,9-10,13-15,30H2,1-8H3/t18?,19?,20-,21-,23-/m0/s1. The van der Waals surface area contributed by atoms with E-state index in [1.54, 1.807) is 39.8 Å². The average Bonchev–Trinajstić information content (AvgIpc) is 2.84. The van der Waals surface area contributed by atoms with Crippen molar-refractivity contribution in [2.45, 2.75) is 106 Å². The summed E-state index contributed by atoms with van der Waals surface area (Å²) in [6.07, 6.45) is 0.848. The summed E-state index contributed by atoms with van der Waals surface area (Å²) >= 11 is 0. The minimum absolute atomic E-state index is 0.0860. The molecule has 9 nitrogen and oxygen atoms in total. The fourth-order valence-electron chi connectivity index (χ4n) is 3.15. The number of carbonyl (C=O) groups is 4. The van der Waals surface area contributed by atoms with Gasteiger partial charge in [0, 0.05) is 12.8 Å². The largest absolute Gasteiger partial charge is 0.459 e. The molecule has 214 valence electrons. The van der Waals surface area contributed by atoms with Gasteiger partial charge in [-0.3, -0.25) is 19.2 Å². The number of esters is 4. The Morgan fingerprint density at radius 2 is 1.21 bits per heavy atom.